The van der Waals surface area contributed by atoms with E-state index in [1.54, 1.807) is 6.20 Å². The smallest absolute Gasteiger partial charge is 0.349 e. The highest BCUT2D eigenvalue weighted by Crippen LogP contribution is 2.21. The minimum absolute atomic E-state index is 0.00674. The number of pyridine rings is 1. The summed E-state index contributed by atoms with van der Waals surface area (Å²) in [6, 6.07) is 3.86. The molecule has 1 N–H and O–H groups in total. The van der Waals surface area contributed by atoms with E-state index in [-0.39, 0.29) is 24.1 Å². The predicted molar refractivity (Wildman–Crippen MR) is 80.4 cm³/mol. The van der Waals surface area contributed by atoms with Crippen molar-refractivity contribution in [2.75, 3.05) is 0 Å². The molecule has 24 heavy (non-hydrogen) atoms. The molecule has 0 saturated heterocycles. The lowest BCUT2D eigenvalue weighted by Gasteiger charge is -2.24. The number of halogens is 3. The van der Waals surface area contributed by atoms with E-state index >= 15 is 0 Å². The van der Waals surface area contributed by atoms with Crippen molar-refractivity contribution < 1.29 is 18.0 Å². The summed E-state index contributed by atoms with van der Waals surface area (Å²) in [4.78, 5) is 16.6. The zero-order chi connectivity index (χ0) is 17.2. The molecule has 128 valence electrons. The molecule has 0 fully saturated rings. The second-order valence-electron chi connectivity index (χ2n) is 5.88. The first-order valence-electron chi connectivity index (χ1n) is 7.73. The van der Waals surface area contributed by atoms with Crippen LogP contribution in [0.15, 0.2) is 30.7 Å². The fourth-order valence-electron chi connectivity index (χ4n) is 2.80. The first-order chi connectivity index (χ1) is 11.4. The number of nitrogens with zero attached hydrogens (tertiary/aromatic N) is 3. The highest BCUT2D eigenvalue weighted by molar-refractivity contribution is 5.93. The van der Waals surface area contributed by atoms with Gasteiger partial charge in [-0.05, 0) is 30.9 Å². The van der Waals surface area contributed by atoms with Gasteiger partial charge in [-0.25, -0.2) is 0 Å². The fraction of sp³-hybridized carbons (Fsp3) is 0.438. The molecule has 8 heteroatoms. The number of hydrogen-bond acceptors (Lipinski definition) is 3. The third-order valence-electron chi connectivity index (χ3n) is 4.04. The lowest BCUT2D eigenvalue weighted by Crippen LogP contribution is -2.38. The number of nitrogens with one attached hydrogen (secondary N) is 1. The average Bonchev–Trinajstić information content (AvgIpc) is 3.01. The zero-order valence-electron chi connectivity index (χ0n) is 12.9. The molecule has 1 aliphatic rings. The molecule has 0 aliphatic heterocycles. The quantitative estimate of drug-likeness (QED) is 0.932. The Morgan fingerprint density at radius 3 is 3.04 bits per heavy atom. The number of aromatic nitrogens is 3. The molecule has 0 radical (unpaired) electrons. The van der Waals surface area contributed by atoms with Gasteiger partial charge in [0.2, 0.25) is 0 Å². The van der Waals surface area contributed by atoms with Crippen LogP contribution >= 0.6 is 0 Å². The second-order valence-corrected chi connectivity index (χ2v) is 5.88. The number of carbonyl (C=O) groups is 1. The van der Waals surface area contributed by atoms with Crippen LogP contribution in [0.4, 0.5) is 13.2 Å². The molecule has 1 unspecified atom stereocenters. The molecule has 3 rings (SSSR count). The maximum atomic E-state index is 12.2. The van der Waals surface area contributed by atoms with Gasteiger partial charge in [0.1, 0.15) is 0 Å². The van der Waals surface area contributed by atoms with Gasteiger partial charge in [-0.3, -0.25) is 14.5 Å². The van der Waals surface area contributed by atoms with Gasteiger partial charge in [-0.15, -0.1) is 0 Å². The summed E-state index contributed by atoms with van der Waals surface area (Å²) >= 11 is 0. The largest absolute Gasteiger partial charge is 0.390 e. The molecular formula is C16H17F3N4O. The summed E-state index contributed by atoms with van der Waals surface area (Å²) < 4.78 is 37.8. The monoisotopic (exact) mass is 338 g/mol. The molecule has 2 heterocycles. The number of hydrogen-bond donors (Lipinski definition) is 1. The summed E-state index contributed by atoms with van der Waals surface area (Å²) in [5, 5.41) is 6.73. The highest BCUT2D eigenvalue weighted by atomic mass is 19.4. The number of fused-ring (bicyclic) bond motifs is 1. The molecule has 1 amide bonds. The normalized spacial score (nSPS) is 17.4. The van der Waals surface area contributed by atoms with Crippen molar-refractivity contribution >= 4 is 5.91 Å². The van der Waals surface area contributed by atoms with E-state index in [0.29, 0.717) is 6.42 Å². The van der Waals surface area contributed by atoms with Gasteiger partial charge in [0.25, 0.3) is 5.91 Å². The van der Waals surface area contributed by atoms with Gasteiger partial charge in [0.05, 0.1) is 18.2 Å². The van der Waals surface area contributed by atoms with Crippen molar-refractivity contribution in [1.29, 1.82) is 0 Å². The van der Waals surface area contributed by atoms with Crippen LogP contribution in [-0.4, -0.2) is 32.9 Å². The lowest BCUT2D eigenvalue weighted by atomic mass is 9.92. The van der Waals surface area contributed by atoms with Gasteiger partial charge in [-0.1, -0.05) is 6.07 Å². The van der Waals surface area contributed by atoms with Crippen LogP contribution in [0.5, 0.6) is 0 Å². The number of carbonyl (C=O) groups excluding carboxylic acids is 1. The van der Waals surface area contributed by atoms with E-state index in [1.807, 2.05) is 12.1 Å². The second kappa shape index (κ2) is 6.62. The van der Waals surface area contributed by atoms with Crippen molar-refractivity contribution in [3.8, 4) is 0 Å². The summed E-state index contributed by atoms with van der Waals surface area (Å²) in [5.41, 5.74) is 2.45. The van der Waals surface area contributed by atoms with E-state index in [2.05, 4.69) is 15.4 Å². The Morgan fingerprint density at radius 2 is 2.25 bits per heavy atom. The van der Waals surface area contributed by atoms with E-state index in [9.17, 15) is 18.0 Å². The van der Waals surface area contributed by atoms with Crippen LogP contribution in [0.25, 0.3) is 0 Å². The van der Waals surface area contributed by atoms with Gasteiger partial charge >= 0.3 is 6.18 Å². The van der Waals surface area contributed by atoms with E-state index < -0.39 is 12.6 Å². The molecule has 5 nitrogen and oxygen atoms in total. The Kier molecular flexibility index (Phi) is 4.55. The van der Waals surface area contributed by atoms with Crippen molar-refractivity contribution in [3.05, 3.63) is 47.5 Å². The van der Waals surface area contributed by atoms with Crippen LogP contribution in [0.1, 0.15) is 34.5 Å². The topological polar surface area (TPSA) is 59.8 Å². The molecular weight excluding hydrogens is 321 g/mol. The molecule has 1 aliphatic carbocycles. The van der Waals surface area contributed by atoms with Crippen LogP contribution < -0.4 is 5.32 Å². The van der Waals surface area contributed by atoms with Crippen molar-refractivity contribution in [3.63, 3.8) is 0 Å². The molecule has 2 aromatic rings. The Morgan fingerprint density at radius 1 is 1.42 bits per heavy atom. The third-order valence-corrected chi connectivity index (χ3v) is 4.04. The third kappa shape index (κ3) is 4.12. The standard InChI is InChI=1S/C16H17F3N4O/c17-16(18,19)5-7-23-10-12(9-21-23)15(24)22-13-3-4-14-11(8-13)2-1-6-20-14/h1-2,6,9-10,13H,3-5,7-8H2,(H,22,24). The van der Waals surface area contributed by atoms with Crippen molar-refractivity contribution in [1.82, 2.24) is 20.1 Å². The molecule has 0 bridgehead atoms. The summed E-state index contributed by atoms with van der Waals surface area (Å²) in [7, 11) is 0. The average molecular weight is 338 g/mol. The van der Waals surface area contributed by atoms with Gasteiger partial charge in [-0.2, -0.15) is 18.3 Å². The molecule has 2 aromatic heterocycles. The fourth-order valence-corrected chi connectivity index (χ4v) is 2.80. The van der Waals surface area contributed by atoms with Gasteiger partial charge < -0.3 is 5.32 Å². The number of aryl methyl sites for hydroxylation is 2. The lowest BCUT2D eigenvalue weighted by molar-refractivity contribution is -0.137. The van der Waals surface area contributed by atoms with E-state index in [4.69, 9.17) is 0 Å². The first-order valence-corrected chi connectivity index (χ1v) is 7.73. The summed E-state index contributed by atoms with van der Waals surface area (Å²) in [5.74, 6) is -0.314. The number of rotatable bonds is 4. The first kappa shape index (κ1) is 16.5. The Balaban J connectivity index is 1.57. The molecule has 0 saturated carbocycles. The van der Waals surface area contributed by atoms with Crippen molar-refractivity contribution in [2.24, 2.45) is 0 Å². The molecule has 0 aromatic carbocycles. The molecule has 1 atom stereocenters. The van der Waals surface area contributed by atoms with Crippen LogP contribution in [-0.2, 0) is 19.4 Å². The van der Waals surface area contributed by atoms with E-state index in [0.717, 1.165) is 28.8 Å². The summed E-state index contributed by atoms with van der Waals surface area (Å²) in [6.45, 7) is -0.292. The maximum Gasteiger partial charge on any atom is 0.390 e. The predicted octanol–water partition coefficient (Wildman–Crippen LogP) is 2.52. The minimum Gasteiger partial charge on any atom is -0.349 e. The van der Waals surface area contributed by atoms with Crippen LogP contribution in [0.2, 0.25) is 0 Å². The highest BCUT2D eigenvalue weighted by Gasteiger charge is 2.27. The maximum absolute atomic E-state index is 12.2. The number of amides is 1. The van der Waals surface area contributed by atoms with Crippen LogP contribution in [0.3, 0.4) is 0 Å². The Bertz CT molecular complexity index is 726. The van der Waals surface area contributed by atoms with Gasteiger partial charge in [0, 0.05) is 30.7 Å². The zero-order valence-corrected chi connectivity index (χ0v) is 12.9. The van der Waals surface area contributed by atoms with Crippen molar-refractivity contribution in [2.45, 2.75) is 44.4 Å². The van der Waals surface area contributed by atoms with Gasteiger partial charge in [0.15, 0.2) is 0 Å². The Labute approximate surface area is 136 Å². The molecule has 0 spiro atoms. The summed E-state index contributed by atoms with van der Waals surface area (Å²) in [6.07, 6.45) is 1.48. The SMILES string of the molecule is O=C(NC1CCc2ncccc2C1)c1cnn(CCC(F)(F)F)c1. The van der Waals surface area contributed by atoms with Crippen LogP contribution in [0, 0.1) is 0 Å². The minimum atomic E-state index is -4.24. The van der Waals surface area contributed by atoms with E-state index in [1.165, 1.54) is 12.4 Å². The Hall–Kier alpha value is -2.38. The number of alkyl halides is 3.